The van der Waals surface area contributed by atoms with E-state index in [0.29, 0.717) is 23.0 Å². The highest BCUT2D eigenvalue weighted by Gasteiger charge is 2.40. The van der Waals surface area contributed by atoms with E-state index in [0.717, 1.165) is 23.8 Å². The number of nitrogens with one attached hydrogen (secondary N) is 1. The fourth-order valence-corrected chi connectivity index (χ4v) is 4.45. The fraction of sp³-hybridized carbons (Fsp3) is 0.240. The van der Waals surface area contributed by atoms with Crippen molar-refractivity contribution in [3.05, 3.63) is 86.5 Å². The first-order chi connectivity index (χ1) is 17.6. The molecular weight excluding hydrogens is 491 g/mol. The summed E-state index contributed by atoms with van der Waals surface area (Å²) in [5.74, 6) is -0.867. The molecular formula is C25H20F3N5O4. The molecule has 190 valence electrons. The predicted octanol–water partition coefficient (Wildman–Crippen LogP) is 3.78. The molecule has 1 atom stereocenters. The van der Waals surface area contributed by atoms with Crippen LogP contribution in [-0.2, 0) is 26.9 Å². The number of H-pyrrole nitrogens is 1. The lowest BCUT2D eigenvalue weighted by Gasteiger charge is -2.36. The molecule has 1 unspecified atom stereocenters. The summed E-state index contributed by atoms with van der Waals surface area (Å²) >= 11 is 0. The minimum absolute atomic E-state index is 0.0204. The minimum atomic E-state index is -4.63. The fourth-order valence-electron chi connectivity index (χ4n) is 4.45. The van der Waals surface area contributed by atoms with E-state index < -0.39 is 29.4 Å². The average Bonchev–Trinajstić information content (AvgIpc) is 3.26. The Balaban J connectivity index is 2.02. The highest BCUT2D eigenvalue weighted by Crippen LogP contribution is 2.43. The topological polar surface area (TPSA) is 121 Å². The lowest BCUT2D eigenvalue weighted by Crippen LogP contribution is -2.38. The van der Waals surface area contributed by atoms with Gasteiger partial charge in [-0.1, -0.05) is 12.1 Å². The summed E-state index contributed by atoms with van der Waals surface area (Å²) in [5.41, 5.74) is -0.171. The average molecular weight is 511 g/mol. The van der Waals surface area contributed by atoms with Crippen LogP contribution in [0.2, 0.25) is 0 Å². The molecule has 3 aromatic rings. The van der Waals surface area contributed by atoms with Crippen LogP contribution in [0.3, 0.4) is 0 Å². The van der Waals surface area contributed by atoms with Gasteiger partial charge in [0.05, 0.1) is 29.9 Å². The van der Waals surface area contributed by atoms with Gasteiger partial charge in [-0.25, -0.2) is 19.3 Å². The van der Waals surface area contributed by atoms with Crippen molar-refractivity contribution in [2.75, 3.05) is 12.0 Å². The van der Waals surface area contributed by atoms with Crippen molar-refractivity contribution < 1.29 is 27.5 Å². The molecule has 0 saturated carbocycles. The lowest BCUT2D eigenvalue weighted by atomic mass is 9.88. The third-order valence-electron chi connectivity index (χ3n) is 6.08. The van der Waals surface area contributed by atoms with Gasteiger partial charge in [0.2, 0.25) is 5.95 Å². The number of aryl methyl sites for hydroxylation is 1. The standard InChI is InChI=1S/C25H20F3N5O4/c1-14-20(22(35)37-2)21(19-9-8-15(13-29)11-16(19)5-4-10-34)33-23(30-31-24(33)36)32(14)18-7-3-6-17(12-18)25(26,27)28/h3,6-12,21H,4-5H2,1-2H3,(H,31,36). The number of alkyl halides is 3. The van der Waals surface area contributed by atoms with Crippen molar-refractivity contribution >= 4 is 23.9 Å². The third-order valence-corrected chi connectivity index (χ3v) is 6.08. The van der Waals surface area contributed by atoms with Crippen LogP contribution in [0.5, 0.6) is 0 Å². The molecule has 4 rings (SSSR count). The van der Waals surface area contributed by atoms with Gasteiger partial charge in [-0.3, -0.25) is 4.90 Å². The van der Waals surface area contributed by atoms with E-state index in [1.165, 1.54) is 30.0 Å². The van der Waals surface area contributed by atoms with Crippen molar-refractivity contribution in [1.29, 1.82) is 5.26 Å². The highest BCUT2D eigenvalue weighted by molar-refractivity contribution is 5.93. The Kier molecular flexibility index (Phi) is 6.72. The van der Waals surface area contributed by atoms with E-state index in [-0.39, 0.29) is 35.7 Å². The molecule has 1 aliphatic rings. The first-order valence-electron chi connectivity index (χ1n) is 11.0. The molecule has 0 bridgehead atoms. The Morgan fingerprint density at radius 2 is 2.03 bits per heavy atom. The van der Waals surface area contributed by atoms with Gasteiger partial charge in [0.15, 0.2) is 0 Å². The van der Waals surface area contributed by atoms with Crippen LogP contribution in [0.25, 0.3) is 0 Å². The molecule has 1 N–H and O–H groups in total. The number of aromatic amines is 1. The summed E-state index contributed by atoms with van der Waals surface area (Å²) in [6, 6.07) is 9.97. The summed E-state index contributed by atoms with van der Waals surface area (Å²) in [5, 5.41) is 15.7. The lowest BCUT2D eigenvalue weighted by molar-refractivity contribution is -0.138. The smallest absolute Gasteiger partial charge is 0.416 e. The number of carbonyl (C=O) groups is 2. The Morgan fingerprint density at radius 3 is 2.68 bits per heavy atom. The molecule has 2 heterocycles. The van der Waals surface area contributed by atoms with Crippen LogP contribution < -0.4 is 10.6 Å². The monoisotopic (exact) mass is 511 g/mol. The molecule has 12 heteroatoms. The molecule has 2 aromatic carbocycles. The van der Waals surface area contributed by atoms with Crippen molar-refractivity contribution in [1.82, 2.24) is 14.8 Å². The molecule has 0 saturated heterocycles. The summed E-state index contributed by atoms with van der Waals surface area (Å²) in [6.07, 6.45) is -3.58. The number of nitriles is 1. The number of hydrogen-bond acceptors (Lipinski definition) is 7. The van der Waals surface area contributed by atoms with Gasteiger partial charge in [0.1, 0.15) is 12.3 Å². The first kappa shape index (κ1) is 25.4. The Morgan fingerprint density at radius 1 is 1.27 bits per heavy atom. The maximum Gasteiger partial charge on any atom is 0.416 e. The highest BCUT2D eigenvalue weighted by atomic mass is 19.4. The number of anilines is 2. The SMILES string of the molecule is COC(=O)C1=C(C)N(c2cccc(C(F)(F)F)c2)c2n[nH]c(=O)n2C1c1ccc(C#N)cc1CCC=O. The van der Waals surface area contributed by atoms with Crippen LogP contribution in [-0.4, -0.2) is 34.1 Å². The van der Waals surface area contributed by atoms with Crippen molar-refractivity contribution in [3.8, 4) is 6.07 Å². The number of fused-ring (bicyclic) bond motifs is 1. The number of rotatable bonds is 6. The van der Waals surface area contributed by atoms with Crippen molar-refractivity contribution in [2.24, 2.45) is 0 Å². The van der Waals surface area contributed by atoms with E-state index >= 15 is 0 Å². The van der Waals surface area contributed by atoms with Crippen molar-refractivity contribution in [2.45, 2.75) is 32.0 Å². The molecule has 0 aliphatic carbocycles. The summed E-state index contributed by atoms with van der Waals surface area (Å²) in [7, 11) is 1.15. The van der Waals surface area contributed by atoms with Gasteiger partial charge >= 0.3 is 17.8 Å². The maximum absolute atomic E-state index is 13.5. The Bertz CT molecular complexity index is 1510. The molecule has 37 heavy (non-hydrogen) atoms. The van der Waals surface area contributed by atoms with Gasteiger partial charge in [-0.2, -0.15) is 18.4 Å². The summed E-state index contributed by atoms with van der Waals surface area (Å²) in [4.78, 5) is 38.5. The van der Waals surface area contributed by atoms with Crippen LogP contribution >= 0.6 is 0 Å². The largest absolute Gasteiger partial charge is 0.466 e. The number of aldehydes is 1. The zero-order valence-corrected chi connectivity index (χ0v) is 19.7. The van der Waals surface area contributed by atoms with Crippen LogP contribution in [0.15, 0.2) is 58.5 Å². The zero-order chi connectivity index (χ0) is 26.9. The number of nitrogens with zero attached hydrogens (tertiary/aromatic N) is 4. The Labute approximate surface area is 208 Å². The molecule has 0 fully saturated rings. The third kappa shape index (κ3) is 4.51. The van der Waals surface area contributed by atoms with Gasteiger partial charge in [0.25, 0.3) is 0 Å². The molecule has 1 aliphatic heterocycles. The number of carbonyl (C=O) groups excluding carboxylic acids is 2. The van der Waals surface area contributed by atoms with Crippen LogP contribution in [0.1, 0.15) is 41.6 Å². The van der Waals surface area contributed by atoms with E-state index in [2.05, 4.69) is 10.2 Å². The van der Waals surface area contributed by atoms with Gasteiger partial charge in [-0.05, 0) is 54.8 Å². The molecule has 1 aromatic heterocycles. The van der Waals surface area contributed by atoms with Gasteiger partial charge < -0.3 is 9.53 Å². The minimum Gasteiger partial charge on any atom is -0.466 e. The maximum atomic E-state index is 13.5. The first-order valence-corrected chi connectivity index (χ1v) is 11.0. The summed E-state index contributed by atoms with van der Waals surface area (Å²) < 4.78 is 46.5. The van der Waals surface area contributed by atoms with Crippen LogP contribution in [0, 0.1) is 11.3 Å². The van der Waals surface area contributed by atoms with Crippen LogP contribution in [0.4, 0.5) is 24.8 Å². The number of allylic oxidation sites excluding steroid dienone is 1. The van der Waals surface area contributed by atoms with Crippen molar-refractivity contribution in [3.63, 3.8) is 0 Å². The second-order valence-corrected chi connectivity index (χ2v) is 8.21. The number of esters is 1. The second kappa shape index (κ2) is 9.77. The van der Waals surface area contributed by atoms with Gasteiger partial charge in [-0.15, -0.1) is 5.10 Å². The number of ether oxygens (including phenoxy) is 1. The molecule has 0 amide bonds. The molecule has 0 spiro atoms. The second-order valence-electron chi connectivity index (χ2n) is 8.21. The zero-order valence-electron chi connectivity index (χ0n) is 19.7. The number of hydrogen-bond donors (Lipinski definition) is 1. The normalized spacial score (nSPS) is 15.2. The molecule has 9 nitrogen and oxygen atoms in total. The number of aromatic nitrogens is 3. The Hall–Kier alpha value is -4.66. The van der Waals surface area contributed by atoms with E-state index in [1.807, 2.05) is 6.07 Å². The van der Waals surface area contributed by atoms with Gasteiger partial charge in [0, 0.05) is 17.8 Å². The number of benzene rings is 2. The molecule has 0 radical (unpaired) electrons. The number of halogens is 3. The summed E-state index contributed by atoms with van der Waals surface area (Å²) in [6.45, 7) is 1.51. The number of methoxy groups -OCH3 is 1. The van der Waals surface area contributed by atoms with E-state index in [4.69, 9.17) is 4.74 Å². The van der Waals surface area contributed by atoms with E-state index in [9.17, 15) is 32.8 Å². The quantitative estimate of drug-likeness (QED) is 0.395. The van der Waals surface area contributed by atoms with E-state index in [1.54, 1.807) is 12.1 Å². The predicted molar refractivity (Wildman–Crippen MR) is 125 cm³/mol.